The first-order chi connectivity index (χ1) is 9.67. The Kier molecular flexibility index (Phi) is 4.06. The standard InChI is InChI=1S/C15H26N2O4/c1-5-8(2)10(12(18)19)17-13(20)15(16)9-6-7-21-11(9)14(15,3)4/h8-11H,5-7,16H2,1-4H3,(H,17,20)(H,18,19)/t8?,9?,10-,11?,15?/m0/s1. The fourth-order valence-corrected chi connectivity index (χ4v) is 3.79. The lowest BCUT2D eigenvalue weighted by molar-refractivity contribution is -0.177. The third kappa shape index (κ3) is 2.16. The first-order valence-electron chi connectivity index (χ1n) is 7.62. The van der Waals surface area contributed by atoms with E-state index in [9.17, 15) is 14.7 Å². The number of carbonyl (C=O) groups excluding carboxylic acids is 1. The Labute approximate surface area is 125 Å². The van der Waals surface area contributed by atoms with Gasteiger partial charge in [0.15, 0.2) is 0 Å². The summed E-state index contributed by atoms with van der Waals surface area (Å²) in [6.45, 7) is 8.16. The molecule has 1 aliphatic heterocycles. The Morgan fingerprint density at radius 3 is 2.62 bits per heavy atom. The van der Waals surface area contributed by atoms with Crippen LogP contribution in [0.4, 0.5) is 0 Å². The van der Waals surface area contributed by atoms with E-state index in [-0.39, 0.29) is 23.8 Å². The van der Waals surface area contributed by atoms with Crippen LogP contribution in [0.15, 0.2) is 0 Å². The van der Waals surface area contributed by atoms with E-state index < -0.39 is 23.0 Å². The average molecular weight is 298 g/mol. The van der Waals surface area contributed by atoms with E-state index in [1.165, 1.54) is 0 Å². The van der Waals surface area contributed by atoms with E-state index in [0.29, 0.717) is 13.0 Å². The molecule has 2 fully saturated rings. The smallest absolute Gasteiger partial charge is 0.326 e. The van der Waals surface area contributed by atoms with E-state index >= 15 is 0 Å². The van der Waals surface area contributed by atoms with Crippen LogP contribution in [0.5, 0.6) is 0 Å². The molecule has 2 rings (SSSR count). The van der Waals surface area contributed by atoms with E-state index in [1.807, 2.05) is 27.7 Å². The number of rotatable bonds is 5. The second kappa shape index (κ2) is 5.25. The number of nitrogens with two attached hydrogens (primary N) is 1. The maximum Gasteiger partial charge on any atom is 0.326 e. The number of hydrogen-bond acceptors (Lipinski definition) is 4. The molecule has 0 spiro atoms. The number of amides is 1. The van der Waals surface area contributed by atoms with Crippen LogP contribution in [0.25, 0.3) is 0 Å². The molecule has 4 N–H and O–H groups in total. The summed E-state index contributed by atoms with van der Waals surface area (Å²) in [5.41, 5.74) is 4.86. The molecule has 4 unspecified atom stereocenters. The average Bonchev–Trinajstić information content (AvgIpc) is 2.90. The Balaban J connectivity index is 2.17. The summed E-state index contributed by atoms with van der Waals surface area (Å²) in [6.07, 6.45) is 1.41. The lowest BCUT2D eigenvalue weighted by Gasteiger charge is -2.60. The molecule has 1 saturated carbocycles. The number of nitrogens with one attached hydrogen (secondary N) is 1. The topological polar surface area (TPSA) is 102 Å². The number of carbonyl (C=O) groups is 2. The minimum Gasteiger partial charge on any atom is -0.480 e. The molecule has 1 heterocycles. The third-order valence-electron chi connectivity index (χ3n) is 5.60. The molecule has 6 heteroatoms. The lowest BCUT2D eigenvalue weighted by Crippen LogP contribution is -2.80. The number of fused-ring (bicyclic) bond motifs is 1. The summed E-state index contributed by atoms with van der Waals surface area (Å²) in [5, 5.41) is 12.0. The molecule has 5 atom stereocenters. The van der Waals surface area contributed by atoms with E-state index in [4.69, 9.17) is 10.5 Å². The highest BCUT2D eigenvalue weighted by molar-refractivity contribution is 5.92. The Morgan fingerprint density at radius 2 is 2.10 bits per heavy atom. The van der Waals surface area contributed by atoms with E-state index in [0.717, 1.165) is 6.42 Å². The number of aliphatic carboxylic acids is 1. The van der Waals surface area contributed by atoms with Crippen LogP contribution in [0.3, 0.4) is 0 Å². The van der Waals surface area contributed by atoms with Crippen molar-refractivity contribution in [2.24, 2.45) is 23.0 Å². The molecule has 21 heavy (non-hydrogen) atoms. The summed E-state index contributed by atoms with van der Waals surface area (Å²) in [4.78, 5) is 24.1. The first kappa shape index (κ1) is 16.2. The quantitative estimate of drug-likeness (QED) is 0.695. The fourth-order valence-electron chi connectivity index (χ4n) is 3.79. The highest BCUT2D eigenvalue weighted by Crippen LogP contribution is 2.58. The van der Waals surface area contributed by atoms with Gasteiger partial charge in [0.25, 0.3) is 0 Å². The molecule has 1 amide bonds. The first-order valence-corrected chi connectivity index (χ1v) is 7.62. The maximum atomic E-state index is 12.7. The number of hydrogen-bond donors (Lipinski definition) is 3. The van der Waals surface area contributed by atoms with Crippen molar-refractivity contribution in [3.8, 4) is 0 Å². The minimum absolute atomic E-state index is 0.0138. The minimum atomic E-state index is -1.06. The van der Waals surface area contributed by atoms with Crippen molar-refractivity contribution in [3.05, 3.63) is 0 Å². The molecule has 0 aromatic rings. The lowest BCUT2D eigenvalue weighted by atomic mass is 9.48. The van der Waals surface area contributed by atoms with Crippen LogP contribution >= 0.6 is 0 Å². The zero-order valence-electron chi connectivity index (χ0n) is 13.2. The molecule has 1 aliphatic carbocycles. The van der Waals surface area contributed by atoms with Gasteiger partial charge in [0.2, 0.25) is 5.91 Å². The van der Waals surface area contributed by atoms with Crippen LogP contribution in [0.2, 0.25) is 0 Å². The third-order valence-corrected chi connectivity index (χ3v) is 5.60. The highest BCUT2D eigenvalue weighted by Gasteiger charge is 2.71. The molecule has 1 saturated heterocycles. The van der Waals surface area contributed by atoms with Crippen molar-refractivity contribution < 1.29 is 19.4 Å². The van der Waals surface area contributed by atoms with Crippen LogP contribution in [-0.4, -0.2) is 41.3 Å². The molecular weight excluding hydrogens is 272 g/mol. The zero-order chi connectivity index (χ0) is 16.0. The largest absolute Gasteiger partial charge is 0.480 e. The molecule has 2 aliphatic rings. The summed E-state index contributed by atoms with van der Waals surface area (Å²) >= 11 is 0. The highest BCUT2D eigenvalue weighted by atomic mass is 16.5. The monoisotopic (exact) mass is 298 g/mol. The normalized spacial score (nSPS) is 36.2. The van der Waals surface area contributed by atoms with Gasteiger partial charge in [-0.3, -0.25) is 4.79 Å². The predicted molar refractivity (Wildman–Crippen MR) is 77.6 cm³/mol. The second-order valence-corrected chi connectivity index (χ2v) is 6.95. The Morgan fingerprint density at radius 1 is 1.48 bits per heavy atom. The molecule has 6 nitrogen and oxygen atoms in total. The van der Waals surface area contributed by atoms with Gasteiger partial charge in [0, 0.05) is 17.9 Å². The predicted octanol–water partition coefficient (Wildman–Crippen LogP) is 0.744. The van der Waals surface area contributed by atoms with Gasteiger partial charge in [-0.25, -0.2) is 4.79 Å². The summed E-state index contributed by atoms with van der Waals surface area (Å²) in [7, 11) is 0. The van der Waals surface area contributed by atoms with Gasteiger partial charge in [0.1, 0.15) is 11.6 Å². The van der Waals surface area contributed by atoms with Gasteiger partial charge in [-0.15, -0.1) is 0 Å². The summed E-state index contributed by atoms with van der Waals surface area (Å²) < 4.78 is 5.66. The molecule has 0 bridgehead atoms. The molecule has 0 radical (unpaired) electrons. The second-order valence-electron chi connectivity index (χ2n) is 6.95. The van der Waals surface area contributed by atoms with Crippen LogP contribution in [-0.2, 0) is 14.3 Å². The van der Waals surface area contributed by atoms with E-state index in [2.05, 4.69) is 5.32 Å². The Bertz CT molecular complexity index is 451. The number of carboxylic acid groups (broad SMARTS) is 1. The maximum absolute atomic E-state index is 12.7. The molecular formula is C15H26N2O4. The van der Waals surface area contributed by atoms with Crippen molar-refractivity contribution in [1.29, 1.82) is 0 Å². The van der Waals surface area contributed by atoms with Gasteiger partial charge < -0.3 is 20.9 Å². The van der Waals surface area contributed by atoms with Crippen molar-refractivity contribution in [3.63, 3.8) is 0 Å². The van der Waals surface area contributed by atoms with Gasteiger partial charge in [-0.2, -0.15) is 0 Å². The molecule has 0 aromatic heterocycles. The van der Waals surface area contributed by atoms with Crippen LogP contribution in [0, 0.1) is 17.3 Å². The van der Waals surface area contributed by atoms with Gasteiger partial charge >= 0.3 is 5.97 Å². The molecule has 120 valence electrons. The fraction of sp³-hybridized carbons (Fsp3) is 0.867. The molecule has 0 aromatic carbocycles. The Hall–Kier alpha value is -1.14. The zero-order valence-corrected chi connectivity index (χ0v) is 13.2. The summed E-state index contributed by atoms with van der Waals surface area (Å²) in [5.74, 6) is -1.56. The van der Waals surface area contributed by atoms with Crippen LogP contribution in [0.1, 0.15) is 40.5 Å². The summed E-state index contributed by atoms with van der Waals surface area (Å²) in [6, 6.07) is -0.903. The number of ether oxygens (including phenoxy) is 1. The van der Waals surface area contributed by atoms with E-state index in [1.54, 1.807) is 0 Å². The SMILES string of the molecule is CCC(C)[C@H](NC(=O)C1(N)C2CCOC2C1(C)C)C(=O)O. The number of carboxylic acids is 1. The van der Waals surface area contributed by atoms with Gasteiger partial charge in [0.05, 0.1) is 6.10 Å². The van der Waals surface area contributed by atoms with Crippen molar-refractivity contribution in [1.82, 2.24) is 5.32 Å². The van der Waals surface area contributed by atoms with Crippen molar-refractivity contribution in [2.75, 3.05) is 6.61 Å². The van der Waals surface area contributed by atoms with Crippen molar-refractivity contribution in [2.45, 2.75) is 58.2 Å². The van der Waals surface area contributed by atoms with Crippen LogP contribution < -0.4 is 11.1 Å². The van der Waals surface area contributed by atoms with Gasteiger partial charge in [-0.05, 0) is 12.3 Å². The van der Waals surface area contributed by atoms with Gasteiger partial charge in [-0.1, -0.05) is 34.1 Å². The van der Waals surface area contributed by atoms with Crippen molar-refractivity contribution >= 4 is 11.9 Å².